The first-order valence-electron chi connectivity index (χ1n) is 10.8. The number of hydrogen-bond acceptors (Lipinski definition) is 5. The Labute approximate surface area is 181 Å². The van der Waals surface area contributed by atoms with Crippen LogP contribution in [0, 0.1) is 5.82 Å². The zero-order valence-corrected chi connectivity index (χ0v) is 18.0. The van der Waals surface area contributed by atoms with Gasteiger partial charge in [-0.05, 0) is 37.0 Å². The molecule has 1 N–H and O–H groups in total. The van der Waals surface area contributed by atoms with Crippen molar-refractivity contribution in [1.29, 1.82) is 0 Å². The monoisotopic (exact) mass is 425 g/mol. The summed E-state index contributed by atoms with van der Waals surface area (Å²) in [4.78, 5) is 38.2. The third-order valence-electron chi connectivity index (χ3n) is 6.15. The van der Waals surface area contributed by atoms with Crippen molar-refractivity contribution in [2.75, 3.05) is 25.5 Å². The number of nitrogens with zero attached hydrogens (tertiary/aromatic N) is 4. The molecule has 1 aromatic carbocycles. The van der Waals surface area contributed by atoms with Gasteiger partial charge in [-0.25, -0.2) is 14.4 Å². The topological polar surface area (TPSA) is 78.4 Å². The zero-order chi connectivity index (χ0) is 22.0. The number of likely N-dealkylation sites (tertiary alicyclic amines) is 1. The third-order valence-corrected chi connectivity index (χ3v) is 6.15. The van der Waals surface area contributed by atoms with E-state index >= 15 is 0 Å². The fourth-order valence-corrected chi connectivity index (χ4v) is 4.43. The number of fused-ring (bicyclic) bond motifs is 1. The Morgan fingerprint density at radius 1 is 1.16 bits per heavy atom. The molecule has 0 spiro atoms. The molecular weight excluding hydrogens is 397 g/mol. The molecule has 1 saturated heterocycles. The molecule has 7 nitrogen and oxygen atoms in total. The third kappa shape index (κ3) is 4.52. The van der Waals surface area contributed by atoms with Crippen molar-refractivity contribution < 1.29 is 14.0 Å². The van der Waals surface area contributed by atoms with E-state index in [2.05, 4.69) is 5.32 Å². The molecule has 1 unspecified atom stereocenters. The first-order valence-corrected chi connectivity index (χ1v) is 10.8. The highest BCUT2D eigenvalue weighted by atomic mass is 19.1. The second-order valence-corrected chi connectivity index (χ2v) is 8.20. The number of carbonyl (C=O) groups excluding carboxylic acids is 2. The summed E-state index contributed by atoms with van der Waals surface area (Å²) >= 11 is 0. The minimum Gasteiger partial charge on any atom is -0.373 e. The fourth-order valence-electron chi connectivity index (χ4n) is 4.43. The second-order valence-electron chi connectivity index (χ2n) is 8.20. The lowest BCUT2D eigenvalue weighted by Crippen LogP contribution is -2.41. The summed E-state index contributed by atoms with van der Waals surface area (Å²) in [5, 5.41) is 3.16. The van der Waals surface area contributed by atoms with E-state index in [-0.39, 0.29) is 30.1 Å². The van der Waals surface area contributed by atoms with Crippen molar-refractivity contribution >= 4 is 17.6 Å². The van der Waals surface area contributed by atoms with Gasteiger partial charge >= 0.3 is 0 Å². The Bertz CT molecular complexity index is 961. The summed E-state index contributed by atoms with van der Waals surface area (Å²) in [6.45, 7) is 3.38. The number of benzene rings is 1. The number of piperidine rings is 1. The molecule has 0 radical (unpaired) electrons. The Morgan fingerprint density at radius 3 is 2.65 bits per heavy atom. The van der Waals surface area contributed by atoms with Crippen LogP contribution in [0.1, 0.15) is 54.9 Å². The van der Waals surface area contributed by atoms with Gasteiger partial charge in [0.15, 0.2) is 5.82 Å². The highest BCUT2D eigenvalue weighted by Crippen LogP contribution is 2.32. The van der Waals surface area contributed by atoms with E-state index in [9.17, 15) is 14.0 Å². The normalized spacial score (nSPS) is 18.5. The van der Waals surface area contributed by atoms with Crippen LogP contribution in [0.4, 0.5) is 10.2 Å². The van der Waals surface area contributed by atoms with Crippen molar-refractivity contribution in [2.24, 2.45) is 0 Å². The standard InChI is InChI=1S/C23H28FN5O2/c1-15(30)28-12-10-19-18(14-28)22(25-2)27-23(26-19)20-5-3-4-11-29(20)21(31)13-16-6-8-17(24)9-7-16/h6-9,20H,3-5,10-14H2,1-2H3,(H,25,26,27). The summed E-state index contributed by atoms with van der Waals surface area (Å²) in [6, 6.07) is 5.90. The van der Waals surface area contributed by atoms with Crippen molar-refractivity contribution in [3.8, 4) is 0 Å². The summed E-state index contributed by atoms with van der Waals surface area (Å²) in [5.74, 6) is 1.12. The van der Waals surface area contributed by atoms with Crippen molar-refractivity contribution in [2.45, 2.75) is 51.6 Å². The molecule has 0 bridgehead atoms. The number of hydrogen-bond donors (Lipinski definition) is 1. The van der Waals surface area contributed by atoms with E-state index in [1.165, 1.54) is 12.1 Å². The van der Waals surface area contributed by atoms with Crippen LogP contribution in [0.3, 0.4) is 0 Å². The second kappa shape index (κ2) is 8.99. The SMILES string of the molecule is CNc1nc(C2CCCCN2C(=O)Cc2ccc(F)cc2)nc2c1CN(C(C)=O)CC2. The number of aromatic nitrogens is 2. The van der Waals surface area contributed by atoms with Gasteiger partial charge in [-0.1, -0.05) is 12.1 Å². The molecule has 0 aliphatic carbocycles. The summed E-state index contributed by atoms with van der Waals surface area (Å²) in [7, 11) is 1.82. The molecule has 3 heterocycles. The molecular formula is C23H28FN5O2. The van der Waals surface area contributed by atoms with Crippen LogP contribution >= 0.6 is 0 Å². The maximum atomic E-state index is 13.2. The Balaban J connectivity index is 1.60. The average molecular weight is 426 g/mol. The molecule has 1 aromatic heterocycles. The van der Waals surface area contributed by atoms with Gasteiger partial charge in [0.25, 0.3) is 0 Å². The van der Waals surface area contributed by atoms with E-state index in [0.717, 1.165) is 41.9 Å². The summed E-state index contributed by atoms with van der Waals surface area (Å²) in [5.41, 5.74) is 2.69. The van der Waals surface area contributed by atoms with E-state index in [4.69, 9.17) is 9.97 Å². The quantitative estimate of drug-likeness (QED) is 0.815. The number of anilines is 1. The largest absolute Gasteiger partial charge is 0.373 e. The number of rotatable bonds is 4. The predicted octanol–water partition coefficient (Wildman–Crippen LogP) is 2.86. The molecule has 0 saturated carbocycles. The number of carbonyl (C=O) groups is 2. The molecule has 4 rings (SSSR count). The van der Waals surface area contributed by atoms with E-state index in [0.29, 0.717) is 31.9 Å². The number of nitrogens with one attached hydrogen (secondary N) is 1. The molecule has 2 aliphatic rings. The van der Waals surface area contributed by atoms with Gasteiger partial charge in [0, 0.05) is 39.0 Å². The van der Waals surface area contributed by atoms with Crippen LogP contribution < -0.4 is 5.32 Å². The van der Waals surface area contributed by atoms with Gasteiger partial charge in [-0.15, -0.1) is 0 Å². The Hall–Kier alpha value is -3.03. The molecule has 2 aliphatic heterocycles. The smallest absolute Gasteiger partial charge is 0.227 e. The lowest BCUT2D eigenvalue weighted by molar-refractivity contribution is -0.134. The molecule has 2 aromatic rings. The predicted molar refractivity (Wildman–Crippen MR) is 115 cm³/mol. The van der Waals surface area contributed by atoms with Gasteiger partial charge < -0.3 is 15.1 Å². The molecule has 2 amide bonds. The number of amides is 2. The van der Waals surface area contributed by atoms with E-state index in [1.54, 1.807) is 24.0 Å². The lowest BCUT2D eigenvalue weighted by Gasteiger charge is -2.36. The average Bonchev–Trinajstić information content (AvgIpc) is 2.79. The van der Waals surface area contributed by atoms with Gasteiger partial charge in [-0.2, -0.15) is 0 Å². The van der Waals surface area contributed by atoms with Crippen LogP contribution in [0.5, 0.6) is 0 Å². The highest BCUT2D eigenvalue weighted by Gasteiger charge is 2.32. The van der Waals surface area contributed by atoms with E-state index in [1.807, 2.05) is 11.9 Å². The summed E-state index contributed by atoms with van der Waals surface area (Å²) < 4.78 is 13.2. The maximum Gasteiger partial charge on any atom is 0.227 e. The zero-order valence-electron chi connectivity index (χ0n) is 18.0. The van der Waals surface area contributed by atoms with Gasteiger partial charge in [0.1, 0.15) is 11.6 Å². The first kappa shape index (κ1) is 21.2. The van der Waals surface area contributed by atoms with Gasteiger partial charge in [0.2, 0.25) is 11.8 Å². The molecule has 164 valence electrons. The molecule has 8 heteroatoms. The minimum absolute atomic E-state index is 0.00592. The first-order chi connectivity index (χ1) is 15.0. The van der Waals surface area contributed by atoms with Crippen LogP contribution in [0.25, 0.3) is 0 Å². The molecule has 31 heavy (non-hydrogen) atoms. The van der Waals surface area contributed by atoms with Crippen LogP contribution in [0.15, 0.2) is 24.3 Å². The van der Waals surface area contributed by atoms with Crippen LogP contribution in [-0.2, 0) is 29.0 Å². The van der Waals surface area contributed by atoms with Crippen LogP contribution in [0.2, 0.25) is 0 Å². The van der Waals surface area contributed by atoms with Gasteiger partial charge in [-0.3, -0.25) is 9.59 Å². The minimum atomic E-state index is -0.308. The molecule has 1 atom stereocenters. The number of halogens is 1. The summed E-state index contributed by atoms with van der Waals surface area (Å²) in [6.07, 6.45) is 3.68. The van der Waals surface area contributed by atoms with Crippen molar-refractivity contribution in [3.05, 3.63) is 52.7 Å². The van der Waals surface area contributed by atoms with Crippen LogP contribution in [-0.4, -0.2) is 51.7 Å². The van der Waals surface area contributed by atoms with Crippen molar-refractivity contribution in [1.82, 2.24) is 19.8 Å². The fraction of sp³-hybridized carbons (Fsp3) is 0.478. The molecule has 1 fully saturated rings. The van der Waals surface area contributed by atoms with Crippen molar-refractivity contribution in [3.63, 3.8) is 0 Å². The van der Waals surface area contributed by atoms with E-state index < -0.39 is 0 Å². The Morgan fingerprint density at radius 2 is 1.94 bits per heavy atom. The Kier molecular flexibility index (Phi) is 6.15. The maximum absolute atomic E-state index is 13.2. The lowest BCUT2D eigenvalue weighted by atomic mass is 9.99. The highest BCUT2D eigenvalue weighted by molar-refractivity contribution is 5.79. The van der Waals surface area contributed by atoms with Gasteiger partial charge in [0.05, 0.1) is 24.7 Å².